The number of hydrogen-bond acceptors (Lipinski definition) is 3. The number of nitrogens with zero attached hydrogens (tertiary/aromatic N) is 3. The number of pyridine rings is 2. The maximum absolute atomic E-state index is 4.75. The summed E-state index contributed by atoms with van der Waals surface area (Å²) >= 11 is 0. The molecule has 3 heterocycles. The highest BCUT2D eigenvalue weighted by atomic mass is 15.2. The molecule has 0 saturated heterocycles. The van der Waals surface area contributed by atoms with Crippen molar-refractivity contribution in [1.82, 2.24) is 9.97 Å². The van der Waals surface area contributed by atoms with Gasteiger partial charge in [-0.2, -0.15) is 0 Å². The van der Waals surface area contributed by atoms with Crippen molar-refractivity contribution >= 4 is 27.8 Å². The summed E-state index contributed by atoms with van der Waals surface area (Å²) in [6.07, 6.45) is 5.64. The average molecular weight is 612 g/mol. The molecule has 0 unspecified atom stereocenters. The van der Waals surface area contributed by atoms with Gasteiger partial charge < -0.3 is 4.90 Å². The second-order valence-electron chi connectivity index (χ2n) is 12.6. The highest BCUT2D eigenvalue weighted by molar-refractivity contribution is 6.18. The van der Waals surface area contributed by atoms with Gasteiger partial charge in [-0.25, -0.2) is 0 Å². The third-order valence-electron chi connectivity index (χ3n) is 10.2. The summed E-state index contributed by atoms with van der Waals surface area (Å²) in [5.74, 6) is 0. The lowest BCUT2D eigenvalue weighted by atomic mass is 9.67. The van der Waals surface area contributed by atoms with Gasteiger partial charge in [0, 0.05) is 40.8 Å². The Labute approximate surface area is 279 Å². The summed E-state index contributed by atoms with van der Waals surface area (Å²) < 4.78 is 0. The lowest BCUT2D eigenvalue weighted by molar-refractivity contribution is 0.768. The monoisotopic (exact) mass is 611 g/mol. The Morgan fingerprint density at radius 2 is 1.15 bits per heavy atom. The number of hydrogen-bond donors (Lipinski definition) is 0. The van der Waals surface area contributed by atoms with E-state index in [4.69, 9.17) is 4.98 Å². The SMILES string of the molecule is c1ccc(C2(c3ccccc3)c3ccccc3-c3cc4c(cc32)N(c2ccncc2)c2ccc(-c3ccccn3)c3cccc-4c23)cc1. The predicted octanol–water partition coefficient (Wildman–Crippen LogP) is 11.1. The van der Waals surface area contributed by atoms with E-state index in [9.17, 15) is 0 Å². The Kier molecular flexibility index (Phi) is 5.79. The van der Waals surface area contributed by atoms with E-state index in [-0.39, 0.29) is 0 Å². The van der Waals surface area contributed by atoms with E-state index in [0.717, 1.165) is 28.3 Å². The summed E-state index contributed by atoms with van der Waals surface area (Å²) in [4.78, 5) is 11.6. The molecule has 2 aliphatic rings. The van der Waals surface area contributed by atoms with E-state index in [1.807, 2.05) is 24.7 Å². The smallest absolute Gasteiger partial charge is 0.0714 e. The molecule has 48 heavy (non-hydrogen) atoms. The van der Waals surface area contributed by atoms with Crippen LogP contribution in [0.25, 0.3) is 44.3 Å². The van der Waals surface area contributed by atoms with E-state index < -0.39 is 5.41 Å². The van der Waals surface area contributed by atoms with Gasteiger partial charge >= 0.3 is 0 Å². The minimum atomic E-state index is -0.484. The molecule has 3 heteroatoms. The quantitative estimate of drug-likeness (QED) is 0.198. The van der Waals surface area contributed by atoms with Crippen molar-refractivity contribution in [2.45, 2.75) is 5.41 Å². The molecule has 0 radical (unpaired) electrons. The van der Waals surface area contributed by atoms with Crippen LogP contribution in [0.1, 0.15) is 22.3 Å². The van der Waals surface area contributed by atoms with Crippen molar-refractivity contribution in [2.75, 3.05) is 4.90 Å². The van der Waals surface area contributed by atoms with Crippen molar-refractivity contribution < 1.29 is 0 Å². The molecular formula is C45H29N3. The molecule has 0 bridgehead atoms. The Morgan fingerprint density at radius 1 is 0.438 bits per heavy atom. The van der Waals surface area contributed by atoms with Crippen molar-refractivity contribution in [3.05, 3.63) is 199 Å². The summed E-state index contributed by atoms with van der Waals surface area (Å²) in [5, 5.41) is 2.42. The predicted molar refractivity (Wildman–Crippen MR) is 196 cm³/mol. The topological polar surface area (TPSA) is 29.0 Å². The van der Waals surface area contributed by atoms with Gasteiger partial charge in [0.25, 0.3) is 0 Å². The molecule has 6 aromatic carbocycles. The molecule has 10 rings (SSSR count). The molecule has 0 spiro atoms. The normalized spacial score (nSPS) is 13.5. The standard InChI is InChI=1S/C45H29N3/c1-3-12-30(13-4-1)45(31-14-5-2-6-15-31)39-19-8-7-16-33(39)37-28-38-36-18-11-17-35-34(41-20-9-10-25-47-41)21-22-42(44(35)36)48(43(38)29-40(37)45)32-23-26-46-27-24-32/h1-29H. The van der Waals surface area contributed by atoms with Crippen LogP contribution in [0.2, 0.25) is 0 Å². The number of aromatic nitrogens is 2. The third-order valence-corrected chi connectivity index (χ3v) is 10.2. The second-order valence-corrected chi connectivity index (χ2v) is 12.6. The van der Waals surface area contributed by atoms with E-state index in [2.05, 4.69) is 162 Å². The Balaban J connectivity index is 1.35. The first-order chi connectivity index (χ1) is 23.8. The molecule has 3 nitrogen and oxygen atoms in total. The van der Waals surface area contributed by atoms with Crippen LogP contribution in [0.4, 0.5) is 17.1 Å². The van der Waals surface area contributed by atoms with Crippen LogP contribution in [0.15, 0.2) is 176 Å². The van der Waals surface area contributed by atoms with E-state index >= 15 is 0 Å². The zero-order chi connectivity index (χ0) is 31.7. The molecule has 2 aromatic heterocycles. The van der Waals surface area contributed by atoms with Crippen LogP contribution in [0.5, 0.6) is 0 Å². The van der Waals surface area contributed by atoms with E-state index in [1.165, 1.54) is 55.3 Å². The molecule has 0 atom stereocenters. The van der Waals surface area contributed by atoms with Crippen LogP contribution in [0.3, 0.4) is 0 Å². The Hall–Kier alpha value is -6.32. The maximum atomic E-state index is 4.75. The van der Waals surface area contributed by atoms with Crippen LogP contribution < -0.4 is 4.90 Å². The zero-order valence-corrected chi connectivity index (χ0v) is 26.1. The van der Waals surface area contributed by atoms with Gasteiger partial charge in [-0.3, -0.25) is 9.97 Å². The fraction of sp³-hybridized carbons (Fsp3) is 0.0222. The zero-order valence-electron chi connectivity index (χ0n) is 26.1. The maximum Gasteiger partial charge on any atom is 0.0714 e. The number of benzene rings is 6. The van der Waals surface area contributed by atoms with Gasteiger partial charge in [-0.05, 0) is 86.8 Å². The summed E-state index contributed by atoms with van der Waals surface area (Å²) in [5.41, 5.74) is 15.1. The molecule has 0 N–H and O–H groups in total. The lowest BCUT2D eigenvalue weighted by Gasteiger charge is -2.37. The highest BCUT2D eigenvalue weighted by Gasteiger charge is 2.47. The fourth-order valence-corrected chi connectivity index (χ4v) is 8.32. The van der Waals surface area contributed by atoms with Gasteiger partial charge in [0.05, 0.1) is 22.5 Å². The largest absolute Gasteiger partial charge is 0.309 e. The van der Waals surface area contributed by atoms with Crippen molar-refractivity contribution in [3.63, 3.8) is 0 Å². The first-order valence-electron chi connectivity index (χ1n) is 16.4. The lowest BCUT2D eigenvalue weighted by Crippen LogP contribution is -2.29. The summed E-state index contributed by atoms with van der Waals surface area (Å²) in [7, 11) is 0. The summed E-state index contributed by atoms with van der Waals surface area (Å²) in [6.45, 7) is 0. The first-order valence-corrected chi connectivity index (χ1v) is 16.4. The molecular weight excluding hydrogens is 583 g/mol. The minimum Gasteiger partial charge on any atom is -0.309 e. The molecule has 0 amide bonds. The van der Waals surface area contributed by atoms with Crippen LogP contribution in [-0.2, 0) is 5.41 Å². The van der Waals surface area contributed by atoms with Crippen LogP contribution in [0, 0.1) is 0 Å². The highest BCUT2D eigenvalue weighted by Crippen LogP contribution is 2.60. The fourth-order valence-electron chi connectivity index (χ4n) is 8.32. The summed E-state index contributed by atoms with van der Waals surface area (Å²) in [6, 6.07) is 57.5. The van der Waals surface area contributed by atoms with Gasteiger partial charge in [0.1, 0.15) is 0 Å². The van der Waals surface area contributed by atoms with Gasteiger partial charge in [0.15, 0.2) is 0 Å². The number of rotatable bonds is 4. The number of anilines is 3. The van der Waals surface area contributed by atoms with Gasteiger partial charge in [-0.15, -0.1) is 0 Å². The van der Waals surface area contributed by atoms with Crippen molar-refractivity contribution in [2.24, 2.45) is 0 Å². The second kappa shape index (κ2) is 10.3. The Bertz CT molecular complexity index is 2450. The van der Waals surface area contributed by atoms with Crippen molar-refractivity contribution in [1.29, 1.82) is 0 Å². The van der Waals surface area contributed by atoms with Gasteiger partial charge in [0.2, 0.25) is 0 Å². The van der Waals surface area contributed by atoms with E-state index in [0.29, 0.717) is 0 Å². The van der Waals surface area contributed by atoms with Crippen LogP contribution in [-0.4, -0.2) is 9.97 Å². The number of fused-ring (bicyclic) bond motifs is 5. The van der Waals surface area contributed by atoms with E-state index in [1.54, 1.807) is 0 Å². The molecule has 0 fully saturated rings. The Morgan fingerprint density at radius 3 is 1.90 bits per heavy atom. The minimum absolute atomic E-state index is 0.484. The van der Waals surface area contributed by atoms with Crippen molar-refractivity contribution in [3.8, 4) is 33.5 Å². The molecule has 0 saturated carbocycles. The van der Waals surface area contributed by atoms with Crippen LogP contribution >= 0.6 is 0 Å². The average Bonchev–Trinajstić information content (AvgIpc) is 3.46. The first kappa shape index (κ1) is 26.9. The van der Waals surface area contributed by atoms with Gasteiger partial charge in [-0.1, -0.05) is 115 Å². The molecule has 8 aromatic rings. The molecule has 1 aliphatic carbocycles. The third kappa shape index (κ3) is 3.64. The molecule has 1 aliphatic heterocycles. The molecule has 224 valence electrons.